The molecular weight excluding hydrogens is 134 g/mol. The molecule has 1 fully saturated rings. The average Bonchev–Trinajstić information content (AvgIpc) is 2.85. The third-order valence-electron chi connectivity index (χ3n) is 2.45. The lowest BCUT2D eigenvalue weighted by Crippen LogP contribution is -2.01. The molecule has 0 bridgehead atoms. The summed E-state index contributed by atoms with van der Waals surface area (Å²) < 4.78 is 0. The van der Waals surface area contributed by atoms with Crippen molar-refractivity contribution in [2.24, 2.45) is 11.7 Å². The first-order valence-corrected chi connectivity index (χ1v) is 4.17. The number of hydrogen-bond donors (Lipinski definition) is 1. The molecule has 1 saturated carbocycles. The molecule has 1 heteroatoms. The minimum Gasteiger partial charge on any atom is -0.330 e. The van der Waals surface area contributed by atoms with Crippen molar-refractivity contribution in [1.82, 2.24) is 0 Å². The SMILES string of the molecule is NC[C@H]1CC1c1ccccc1. The van der Waals surface area contributed by atoms with Gasteiger partial charge in [0.15, 0.2) is 0 Å². The van der Waals surface area contributed by atoms with Crippen LogP contribution in [0, 0.1) is 5.92 Å². The molecule has 58 valence electrons. The summed E-state index contributed by atoms with van der Waals surface area (Å²) in [6.45, 7) is 0.847. The van der Waals surface area contributed by atoms with Gasteiger partial charge in [-0.05, 0) is 30.4 Å². The van der Waals surface area contributed by atoms with Crippen molar-refractivity contribution in [3.8, 4) is 0 Å². The zero-order valence-electron chi connectivity index (χ0n) is 6.53. The van der Waals surface area contributed by atoms with E-state index in [4.69, 9.17) is 5.73 Å². The van der Waals surface area contributed by atoms with E-state index in [0.717, 1.165) is 18.4 Å². The van der Waals surface area contributed by atoms with E-state index in [9.17, 15) is 0 Å². The van der Waals surface area contributed by atoms with E-state index in [1.807, 2.05) is 0 Å². The van der Waals surface area contributed by atoms with Gasteiger partial charge in [-0.3, -0.25) is 0 Å². The van der Waals surface area contributed by atoms with E-state index in [2.05, 4.69) is 30.3 Å². The fraction of sp³-hybridized carbons (Fsp3) is 0.400. The van der Waals surface area contributed by atoms with Gasteiger partial charge in [0.05, 0.1) is 0 Å². The van der Waals surface area contributed by atoms with Crippen LogP contribution in [0.1, 0.15) is 17.9 Å². The van der Waals surface area contributed by atoms with Gasteiger partial charge in [-0.25, -0.2) is 0 Å². The van der Waals surface area contributed by atoms with E-state index < -0.39 is 0 Å². The summed E-state index contributed by atoms with van der Waals surface area (Å²) in [5.41, 5.74) is 7.02. The van der Waals surface area contributed by atoms with Gasteiger partial charge in [-0.2, -0.15) is 0 Å². The highest BCUT2D eigenvalue weighted by Crippen LogP contribution is 2.46. The largest absolute Gasteiger partial charge is 0.330 e. The Bertz CT molecular complexity index is 230. The van der Waals surface area contributed by atoms with Gasteiger partial charge in [-0.15, -0.1) is 0 Å². The lowest BCUT2D eigenvalue weighted by Gasteiger charge is -1.96. The minimum absolute atomic E-state index is 0.761. The summed E-state index contributed by atoms with van der Waals surface area (Å²) in [6.07, 6.45) is 1.29. The van der Waals surface area contributed by atoms with Gasteiger partial charge in [-0.1, -0.05) is 30.3 Å². The lowest BCUT2D eigenvalue weighted by molar-refractivity contribution is 0.810. The molecule has 0 aromatic heterocycles. The van der Waals surface area contributed by atoms with Crippen LogP contribution in [-0.2, 0) is 0 Å². The lowest BCUT2D eigenvalue weighted by atomic mass is 10.1. The summed E-state index contributed by atoms with van der Waals surface area (Å²) in [7, 11) is 0. The third kappa shape index (κ3) is 1.29. The predicted molar refractivity (Wildman–Crippen MR) is 46.3 cm³/mol. The smallest absolute Gasteiger partial charge is 0.00428 e. The van der Waals surface area contributed by atoms with Gasteiger partial charge in [0, 0.05) is 0 Å². The molecule has 0 spiro atoms. The highest BCUT2D eigenvalue weighted by molar-refractivity contribution is 5.25. The Morgan fingerprint density at radius 3 is 2.55 bits per heavy atom. The average molecular weight is 147 g/mol. The second kappa shape index (κ2) is 2.67. The van der Waals surface area contributed by atoms with Crippen LogP contribution < -0.4 is 5.73 Å². The first-order valence-electron chi connectivity index (χ1n) is 4.17. The summed E-state index contributed by atoms with van der Waals surface area (Å²) >= 11 is 0. The first-order chi connectivity index (χ1) is 5.42. The molecule has 11 heavy (non-hydrogen) atoms. The van der Waals surface area contributed by atoms with Crippen molar-refractivity contribution in [2.75, 3.05) is 6.54 Å². The van der Waals surface area contributed by atoms with Crippen LogP contribution in [0.5, 0.6) is 0 Å². The highest BCUT2D eigenvalue weighted by atomic mass is 14.6. The molecule has 2 rings (SSSR count). The number of benzene rings is 1. The van der Waals surface area contributed by atoms with Crippen LogP contribution in [0.25, 0.3) is 0 Å². The second-order valence-corrected chi connectivity index (χ2v) is 3.25. The Morgan fingerprint density at radius 1 is 1.27 bits per heavy atom. The second-order valence-electron chi connectivity index (χ2n) is 3.25. The van der Waals surface area contributed by atoms with Crippen LogP contribution in [0.2, 0.25) is 0 Å². The maximum absolute atomic E-state index is 5.56. The monoisotopic (exact) mass is 147 g/mol. The van der Waals surface area contributed by atoms with Gasteiger partial charge in [0.2, 0.25) is 0 Å². The molecule has 0 radical (unpaired) electrons. The normalized spacial score (nSPS) is 28.5. The van der Waals surface area contributed by atoms with Crippen LogP contribution in [0.15, 0.2) is 30.3 Å². The van der Waals surface area contributed by atoms with Crippen molar-refractivity contribution < 1.29 is 0 Å². The van der Waals surface area contributed by atoms with E-state index >= 15 is 0 Å². The third-order valence-corrected chi connectivity index (χ3v) is 2.45. The molecule has 1 aliphatic carbocycles. The van der Waals surface area contributed by atoms with Crippen LogP contribution in [0.4, 0.5) is 0 Å². The standard InChI is InChI=1S/C10H13N/c11-7-9-6-10(9)8-4-2-1-3-5-8/h1-5,9-10H,6-7,11H2/t9-,10?/m1/s1. The summed E-state index contributed by atoms with van der Waals surface area (Å²) in [6, 6.07) is 10.6. The Morgan fingerprint density at radius 2 is 2.00 bits per heavy atom. The van der Waals surface area contributed by atoms with Crippen molar-refractivity contribution in [2.45, 2.75) is 12.3 Å². The molecule has 1 nitrogen and oxygen atoms in total. The van der Waals surface area contributed by atoms with Gasteiger partial charge < -0.3 is 5.73 Å². The first kappa shape index (κ1) is 6.86. The Balaban J connectivity index is 2.09. The molecule has 0 amide bonds. The zero-order chi connectivity index (χ0) is 7.68. The van der Waals surface area contributed by atoms with Crippen LogP contribution >= 0.6 is 0 Å². The van der Waals surface area contributed by atoms with Gasteiger partial charge >= 0.3 is 0 Å². The summed E-state index contributed by atoms with van der Waals surface area (Å²) in [5, 5.41) is 0. The molecule has 0 saturated heterocycles. The Labute approximate surface area is 67.2 Å². The number of nitrogens with two attached hydrogens (primary N) is 1. The summed E-state index contributed by atoms with van der Waals surface area (Å²) in [5.74, 6) is 1.53. The highest BCUT2D eigenvalue weighted by Gasteiger charge is 2.36. The maximum atomic E-state index is 5.56. The molecule has 2 atom stereocenters. The van der Waals surface area contributed by atoms with Crippen LogP contribution in [0.3, 0.4) is 0 Å². The van der Waals surface area contributed by atoms with Gasteiger partial charge in [0.1, 0.15) is 0 Å². The van der Waals surface area contributed by atoms with E-state index in [0.29, 0.717) is 0 Å². The topological polar surface area (TPSA) is 26.0 Å². The molecule has 0 aliphatic heterocycles. The Kier molecular flexibility index (Phi) is 1.66. The molecule has 1 aliphatic rings. The van der Waals surface area contributed by atoms with Crippen molar-refractivity contribution >= 4 is 0 Å². The maximum Gasteiger partial charge on any atom is -0.00428 e. The fourth-order valence-corrected chi connectivity index (χ4v) is 1.62. The number of rotatable bonds is 2. The number of hydrogen-bond acceptors (Lipinski definition) is 1. The molecule has 1 aromatic rings. The molecule has 0 heterocycles. The molecular formula is C10H13N. The fourth-order valence-electron chi connectivity index (χ4n) is 1.62. The van der Waals surface area contributed by atoms with Gasteiger partial charge in [0.25, 0.3) is 0 Å². The van der Waals surface area contributed by atoms with Crippen LogP contribution in [-0.4, -0.2) is 6.54 Å². The minimum atomic E-state index is 0.761. The van der Waals surface area contributed by atoms with Crippen molar-refractivity contribution in [3.05, 3.63) is 35.9 Å². The predicted octanol–water partition coefficient (Wildman–Crippen LogP) is 1.75. The molecule has 2 N–H and O–H groups in total. The molecule has 1 unspecified atom stereocenters. The zero-order valence-corrected chi connectivity index (χ0v) is 6.53. The molecule has 1 aromatic carbocycles. The summed E-state index contributed by atoms with van der Waals surface area (Å²) in [4.78, 5) is 0. The van der Waals surface area contributed by atoms with E-state index in [-0.39, 0.29) is 0 Å². The van der Waals surface area contributed by atoms with Crippen molar-refractivity contribution in [3.63, 3.8) is 0 Å². The van der Waals surface area contributed by atoms with Crippen molar-refractivity contribution in [1.29, 1.82) is 0 Å². The van der Waals surface area contributed by atoms with E-state index in [1.54, 1.807) is 0 Å². The quantitative estimate of drug-likeness (QED) is 0.677. The Hall–Kier alpha value is -0.820. The van der Waals surface area contributed by atoms with E-state index in [1.165, 1.54) is 12.0 Å².